The van der Waals surface area contributed by atoms with Crippen molar-refractivity contribution < 1.29 is 4.74 Å². The number of ether oxygens (including phenoxy) is 1. The van der Waals surface area contributed by atoms with Gasteiger partial charge in [0.05, 0.1) is 18.4 Å². The van der Waals surface area contributed by atoms with Crippen LogP contribution in [0, 0.1) is 0 Å². The molecule has 1 aromatic heterocycles. The van der Waals surface area contributed by atoms with Crippen molar-refractivity contribution in [3.05, 3.63) is 40.6 Å². The Balaban J connectivity index is 1.99. The van der Waals surface area contributed by atoms with E-state index in [-0.39, 0.29) is 0 Å². The molecule has 0 unspecified atom stereocenters. The third kappa shape index (κ3) is 3.73. The number of nitrogens with zero attached hydrogens (tertiary/aromatic N) is 2. The maximum atomic E-state index is 5.84. The molecule has 102 valence electrons. The van der Waals surface area contributed by atoms with E-state index in [0.717, 1.165) is 10.2 Å². The number of hydrogen-bond acceptors (Lipinski definition) is 3. The minimum atomic E-state index is 0.424. The van der Waals surface area contributed by atoms with Gasteiger partial charge in [0.2, 0.25) is 0 Å². The van der Waals surface area contributed by atoms with Crippen LogP contribution in [0.15, 0.2) is 35.1 Å². The van der Waals surface area contributed by atoms with E-state index in [0.29, 0.717) is 24.8 Å². The van der Waals surface area contributed by atoms with Gasteiger partial charge in [-0.3, -0.25) is 4.68 Å². The van der Waals surface area contributed by atoms with Gasteiger partial charge in [-0.05, 0) is 29.7 Å². The molecule has 0 saturated carbocycles. The Morgan fingerprint density at radius 3 is 2.84 bits per heavy atom. The third-order valence-corrected chi connectivity index (χ3v) is 3.32. The molecule has 0 bridgehead atoms. The van der Waals surface area contributed by atoms with Crippen LogP contribution in [0.3, 0.4) is 0 Å². The van der Waals surface area contributed by atoms with Crippen LogP contribution in [0.25, 0.3) is 0 Å². The SMILES string of the molecule is CC(C)c1cc(Br)ccc1OCCn1cc(N)cn1. The van der Waals surface area contributed by atoms with E-state index in [2.05, 4.69) is 40.9 Å². The second-order valence-electron chi connectivity index (χ2n) is 4.72. The molecule has 0 radical (unpaired) electrons. The van der Waals surface area contributed by atoms with E-state index in [1.165, 1.54) is 5.56 Å². The summed E-state index contributed by atoms with van der Waals surface area (Å²) >= 11 is 3.49. The van der Waals surface area contributed by atoms with E-state index >= 15 is 0 Å². The molecule has 0 atom stereocenters. The fourth-order valence-electron chi connectivity index (χ4n) is 1.85. The third-order valence-electron chi connectivity index (χ3n) is 2.83. The Morgan fingerprint density at radius 2 is 2.21 bits per heavy atom. The summed E-state index contributed by atoms with van der Waals surface area (Å²) in [7, 11) is 0. The quantitative estimate of drug-likeness (QED) is 0.917. The van der Waals surface area contributed by atoms with Crippen molar-refractivity contribution in [2.75, 3.05) is 12.3 Å². The average molecular weight is 324 g/mol. The summed E-state index contributed by atoms with van der Waals surface area (Å²) < 4.78 is 8.70. The molecule has 1 heterocycles. The number of aromatic nitrogens is 2. The molecule has 2 aromatic rings. The first kappa shape index (κ1) is 13.9. The number of halogens is 1. The van der Waals surface area contributed by atoms with E-state index < -0.39 is 0 Å². The predicted octanol–water partition coefficient (Wildman–Crippen LogP) is 3.43. The van der Waals surface area contributed by atoms with E-state index in [4.69, 9.17) is 10.5 Å². The molecule has 0 amide bonds. The molecule has 1 aromatic carbocycles. The maximum absolute atomic E-state index is 5.84. The summed E-state index contributed by atoms with van der Waals surface area (Å²) in [6.45, 7) is 5.57. The molecule has 19 heavy (non-hydrogen) atoms. The zero-order chi connectivity index (χ0) is 13.8. The van der Waals surface area contributed by atoms with Crippen LogP contribution in [0.1, 0.15) is 25.3 Å². The van der Waals surface area contributed by atoms with Gasteiger partial charge in [0.15, 0.2) is 0 Å². The van der Waals surface area contributed by atoms with Crippen molar-refractivity contribution in [2.45, 2.75) is 26.3 Å². The first-order valence-corrected chi connectivity index (χ1v) is 7.05. The van der Waals surface area contributed by atoms with Gasteiger partial charge in [-0.15, -0.1) is 0 Å². The smallest absolute Gasteiger partial charge is 0.122 e. The van der Waals surface area contributed by atoms with Crippen molar-refractivity contribution in [1.29, 1.82) is 0 Å². The molecule has 4 nitrogen and oxygen atoms in total. The normalized spacial score (nSPS) is 10.9. The Bertz CT molecular complexity index is 551. The van der Waals surface area contributed by atoms with Gasteiger partial charge in [0.1, 0.15) is 12.4 Å². The molecule has 2 N–H and O–H groups in total. The minimum Gasteiger partial charge on any atom is -0.491 e. The van der Waals surface area contributed by atoms with Crippen molar-refractivity contribution in [3.63, 3.8) is 0 Å². The summed E-state index contributed by atoms with van der Waals surface area (Å²) in [6.07, 6.45) is 3.44. The van der Waals surface area contributed by atoms with Gasteiger partial charge in [-0.2, -0.15) is 5.10 Å². The summed E-state index contributed by atoms with van der Waals surface area (Å²) in [5.74, 6) is 1.35. The Kier molecular flexibility index (Phi) is 4.47. The van der Waals surface area contributed by atoms with Crippen LogP contribution in [0.4, 0.5) is 5.69 Å². The van der Waals surface area contributed by atoms with Gasteiger partial charge in [-0.1, -0.05) is 29.8 Å². The van der Waals surface area contributed by atoms with Crippen LogP contribution < -0.4 is 10.5 Å². The highest BCUT2D eigenvalue weighted by Gasteiger charge is 2.08. The highest BCUT2D eigenvalue weighted by atomic mass is 79.9. The lowest BCUT2D eigenvalue weighted by molar-refractivity contribution is 0.287. The fourth-order valence-corrected chi connectivity index (χ4v) is 2.23. The van der Waals surface area contributed by atoms with Gasteiger partial charge >= 0.3 is 0 Å². The zero-order valence-electron chi connectivity index (χ0n) is 11.1. The molecule has 0 fully saturated rings. The second-order valence-corrected chi connectivity index (χ2v) is 5.64. The molecular weight excluding hydrogens is 306 g/mol. The number of anilines is 1. The molecule has 0 saturated heterocycles. The zero-order valence-corrected chi connectivity index (χ0v) is 12.7. The Labute approximate surface area is 121 Å². The topological polar surface area (TPSA) is 53.1 Å². The van der Waals surface area contributed by atoms with Crippen molar-refractivity contribution in [1.82, 2.24) is 9.78 Å². The van der Waals surface area contributed by atoms with Gasteiger partial charge < -0.3 is 10.5 Å². The number of rotatable bonds is 5. The van der Waals surface area contributed by atoms with E-state index in [1.807, 2.05) is 12.1 Å². The largest absolute Gasteiger partial charge is 0.491 e. The van der Waals surface area contributed by atoms with Crippen LogP contribution in [-0.2, 0) is 6.54 Å². The monoisotopic (exact) mass is 323 g/mol. The average Bonchev–Trinajstić information content (AvgIpc) is 2.77. The standard InChI is InChI=1S/C14H18BrN3O/c1-10(2)13-7-11(15)3-4-14(13)19-6-5-18-9-12(16)8-17-18/h3-4,7-10H,5-6,16H2,1-2H3. The first-order chi connectivity index (χ1) is 9.06. The fraction of sp³-hybridized carbons (Fsp3) is 0.357. The molecule has 0 spiro atoms. The predicted molar refractivity (Wildman–Crippen MR) is 80.4 cm³/mol. The van der Waals surface area contributed by atoms with Gasteiger partial charge in [0.25, 0.3) is 0 Å². The molecule has 0 aliphatic rings. The Hall–Kier alpha value is -1.49. The van der Waals surface area contributed by atoms with Gasteiger partial charge in [0, 0.05) is 10.7 Å². The highest BCUT2D eigenvalue weighted by Crippen LogP contribution is 2.29. The second kappa shape index (κ2) is 6.10. The summed E-state index contributed by atoms with van der Waals surface area (Å²) in [5, 5.41) is 4.12. The number of hydrogen-bond donors (Lipinski definition) is 1. The lowest BCUT2D eigenvalue weighted by Gasteiger charge is -2.14. The summed E-state index contributed by atoms with van der Waals surface area (Å²) in [6, 6.07) is 6.09. The lowest BCUT2D eigenvalue weighted by Crippen LogP contribution is -2.09. The number of benzene rings is 1. The van der Waals surface area contributed by atoms with Crippen molar-refractivity contribution >= 4 is 21.6 Å². The van der Waals surface area contributed by atoms with Crippen LogP contribution in [-0.4, -0.2) is 16.4 Å². The van der Waals surface area contributed by atoms with Crippen LogP contribution in [0.5, 0.6) is 5.75 Å². The molecule has 5 heteroatoms. The number of nitrogen functional groups attached to an aromatic ring is 1. The minimum absolute atomic E-state index is 0.424. The van der Waals surface area contributed by atoms with Crippen LogP contribution in [0.2, 0.25) is 0 Å². The summed E-state index contributed by atoms with van der Waals surface area (Å²) in [4.78, 5) is 0. The molecule has 2 rings (SSSR count). The molecular formula is C14H18BrN3O. The highest BCUT2D eigenvalue weighted by molar-refractivity contribution is 9.10. The lowest BCUT2D eigenvalue weighted by atomic mass is 10.0. The van der Waals surface area contributed by atoms with E-state index in [1.54, 1.807) is 17.1 Å². The summed E-state index contributed by atoms with van der Waals surface area (Å²) in [5.41, 5.74) is 7.49. The maximum Gasteiger partial charge on any atom is 0.122 e. The van der Waals surface area contributed by atoms with Crippen molar-refractivity contribution in [2.24, 2.45) is 0 Å². The van der Waals surface area contributed by atoms with E-state index in [9.17, 15) is 0 Å². The molecule has 0 aliphatic carbocycles. The first-order valence-electron chi connectivity index (χ1n) is 6.26. The molecule has 0 aliphatic heterocycles. The van der Waals surface area contributed by atoms with Crippen LogP contribution >= 0.6 is 15.9 Å². The number of nitrogens with two attached hydrogens (primary N) is 1. The van der Waals surface area contributed by atoms with Crippen molar-refractivity contribution in [3.8, 4) is 5.75 Å². The van der Waals surface area contributed by atoms with Gasteiger partial charge in [-0.25, -0.2) is 0 Å². The Morgan fingerprint density at radius 1 is 1.42 bits per heavy atom.